The molecule has 0 bridgehead atoms. The Hall–Kier alpha value is -1.85. The SMILES string of the molecule is CCCCCCNC(=O)Nc1ccnc(=O)[nH]1. The molecule has 0 aromatic carbocycles. The first-order valence-electron chi connectivity index (χ1n) is 5.82. The molecule has 1 aromatic heterocycles. The number of carbonyl (C=O) groups is 1. The highest BCUT2D eigenvalue weighted by Crippen LogP contribution is 1.98. The van der Waals surface area contributed by atoms with Crippen LogP contribution in [0.2, 0.25) is 0 Å². The molecule has 17 heavy (non-hydrogen) atoms. The number of aromatic nitrogens is 2. The molecule has 0 aliphatic heterocycles. The summed E-state index contributed by atoms with van der Waals surface area (Å²) in [7, 11) is 0. The van der Waals surface area contributed by atoms with E-state index in [0.29, 0.717) is 12.4 Å². The highest BCUT2D eigenvalue weighted by Gasteiger charge is 2.00. The largest absolute Gasteiger partial charge is 0.346 e. The first-order valence-corrected chi connectivity index (χ1v) is 5.82. The standard InChI is InChI=1S/C11H18N4O2/c1-2-3-4-5-7-12-10(16)14-9-6-8-13-11(17)15-9/h6,8H,2-5,7H2,1H3,(H3,12,13,14,15,16,17). The molecule has 2 amide bonds. The summed E-state index contributed by atoms with van der Waals surface area (Å²) in [6.07, 6.45) is 5.78. The van der Waals surface area contributed by atoms with Gasteiger partial charge in [-0.3, -0.25) is 10.3 Å². The van der Waals surface area contributed by atoms with Crippen LogP contribution in [0.25, 0.3) is 0 Å². The smallest absolute Gasteiger partial charge is 0.338 e. The van der Waals surface area contributed by atoms with E-state index in [1.54, 1.807) is 0 Å². The molecule has 0 fully saturated rings. The summed E-state index contributed by atoms with van der Waals surface area (Å²) in [5.41, 5.74) is -0.481. The predicted octanol–water partition coefficient (Wildman–Crippen LogP) is 1.47. The molecule has 0 aliphatic rings. The highest BCUT2D eigenvalue weighted by molar-refractivity contribution is 5.87. The van der Waals surface area contributed by atoms with Crippen molar-refractivity contribution in [1.82, 2.24) is 15.3 Å². The molecule has 0 radical (unpaired) electrons. The minimum atomic E-state index is -0.481. The van der Waals surface area contributed by atoms with Gasteiger partial charge in [0.25, 0.3) is 0 Å². The van der Waals surface area contributed by atoms with Crippen molar-refractivity contribution in [1.29, 1.82) is 0 Å². The third kappa shape index (κ3) is 5.70. The molecule has 0 aliphatic carbocycles. The molecule has 3 N–H and O–H groups in total. The van der Waals surface area contributed by atoms with Crippen molar-refractivity contribution in [2.75, 3.05) is 11.9 Å². The van der Waals surface area contributed by atoms with Gasteiger partial charge in [0.05, 0.1) is 0 Å². The number of aromatic amines is 1. The van der Waals surface area contributed by atoms with Crippen molar-refractivity contribution in [2.45, 2.75) is 32.6 Å². The Labute approximate surface area is 99.8 Å². The van der Waals surface area contributed by atoms with Gasteiger partial charge in [0.1, 0.15) is 5.82 Å². The Morgan fingerprint density at radius 2 is 2.24 bits per heavy atom. The molecule has 1 heterocycles. The molecular weight excluding hydrogens is 220 g/mol. The average Bonchev–Trinajstić information content (AvgIpc) is 2.29. The van der Waals surface area contributed by atoms with E-state index < -0.39 is 5.69 Å². The fraction of sp³-hybridized carbons (Fsp3) is 0.545. The molecular formula is C11H18N4O2. The zero-order valence-electron chi connectivity index (χ0n) is 9.95. The summed E-state index contributed by atoms with van der Waals surface area (Å²) in [4.78, 5) is 28.1. The van der Waals surface area contributed by atoms with E-state index in [1.165, 1.54) is 25.1 Å². The number of anilines is 1. The zero-order chi connectivity index (χ0) is 12.5. The van der Waals surface area contributed by atoms with Gasteiger partial charge in [-0.2, -0.15) is 0 Å². The summed E-state index contributed by atoms with van der Waals surface area (Å²) < 4.78 is 0. The quantitative estimate of drug-likeness (QED) is 0.656. The minimum Gasteiger partial charge on any atom is -0.338 e. The van der Waals surface area contributed by atoms with E-state index in [4.69, 9.17) is 0 Å². The first kappa shape index (κ1) is 13.2. The summed E-state index contributed by atoms with van der Waals surface area (Å²) in [6, 6.07) is 1.21. The molecule has 0 atom stereocenters. The van der Waals surface area contributed by atoms with E-state index in [2.05, 4.69) is 27.5 Å². The Kier molecular flexibility index (Phi) is 5.77. The number of urea groups is 1. The summed E-state index contributed by atoms with van der Waals surface area (Å²) in [6.45, 7) is 2.78. The summed E-state index contributed by atoms with van der Waals surface area (Å²) >= 11 is 0. The Bertz CT molecular complexity index is 402. The van der Waals surface area contributed by atoms with Gasteiger partial charge in [0.2, 0.25) is 0 Å². The number of hydrogen-bond acceptors (Lipinski definition) is 3. The van der Waals surface area contributed by atoms with Gasteiger partial charge >= 0.3 is 11.7 Å². The van der Waals surface area contributed by atoms with E-state index in [0.717, 1.165) is 12.8 Å². The topological polar surface area (TPSA) is 86.9 Å². The maximum Gasteiger partial charge on any atom is 0.346 e. The van der Waals surface area contributed by atoms with Gasteiger partial charge in [0, 0.05) is 12.7 Å². The Morgan fingerprint density at radius 3 is 2.94 bits per heavy atom. The van der Waals surface area contributed by atoms with Crippen LogP contribution in [0.3, 0.4) is 0 Å². The molecule has 0 unspecified atom stereocenters. The van der Waals surface area contributed by atoms with Crippen molar-refractivity contribution in [3.05, 3.63) is 22.7 Å². The number of H-pyrrole nitrogens is 1. The Morgan fingerprint density at radius 1 is 1.41 bits per heavy atom. The fourth-order valence-electron chi connectivity index (χ4n) is 1.36. The van der Waals surface area contributed by atoms with E-state index >= 15 is 0 Å². The number of nitrogens with zero attached hydrogens (tertiary/aromatic N) is 1. The van der Waals surface area contributed by atoms with Crippen LogP contribution in [0.1, 0.15) is 32.6 Å². The van der Waals surface area contributed by atoms with Crippen LogP contribution in [0.15, 0.2) is 17.1 Å². The van der Waals surface area contributed by atoms with Crippen LogP contribution >= 0.6 is 0 Å². The number of unbranched alkanes of at least 4 members (excludes halogenated alkanes) is 3. The van der Waals surface area contributed by atoms with Crippen molar-refractivity contribution in [2.24, 2.45) is 0 Å². The maximum absolute atomic E-state index is 11.4. The molecule has 0 saturated carbocycles. The number of amides is 2. The average molecular weight is 238 g/mol. The van der Waals surface area contributed by atoms with Crippen molar-refractivity contribution >= 4 is 11.8 Å². The predicted molar refractivity (Wildman–Crippen MR) is 66.0 cm³/mol. The second-order valence-corrected chi connectivity index (χ2v) is 3.73. The van der Waals surface area contributed by atoms with Crippen LogP contribution in [0.4, 0.5) is 10.6 Å². The lowest BCUT2D eigenvalue weighted by molar-refractivity contribution is 0.252. The van der Waals surface area contributed by atoms with Crippen LogP contribution in [-0.2, 0) is 0 Å². The second-order valence-electron chi connectivity index (χ2n) is 3.73. The van der Waals surface area contributed by atoms with Gasteiger partial charge < -0.3 is 5.32 Å². The van der Waals surface area contributed by atoms with Crippen molar-refractivity contribution in [3.8, 4) is 0 Å². The summed E-state index contributed by atoms with van der Waals surface area (Å²) in [5.74, 6) is 0.344. The second kappa shape index (κ2) is 7.43. The zero-order valence-corrected chi connectivity index (χ0v) is 9.95. The lowest BCUT2D eigenvalue weighted by Crippen LogP contribution is -2.30. The molecule has 0 saturated heterocycles. The third-order valence-corrected chi connectivity index (χ3v) is 2.24. The van der Waals surface area contributed by atoms with Gasteiger partial charge in [-0.1, -0.05) is 26.2 Å². The van der Waals surface area contributed by atoms with Crippen LogP contribution in [-0.4, -0.2) is 22.5 Å². The number of carbonyl (C=O) groups excluding carboxylic acids is 1. The molecule has 1 aromatic rings. The first-order chi connectivity index (χ1) is 8.22. The fourth-order valence-corrected chi connectivity index (χ4v) is 1.36. The maximum atomic E-state index is 11.4. The van der Waals surface area contributed by atoms with Crippen molar-refractivity contribution in [3.63, 3.8) is 0 Å². The van der Waals surface area contributed by atoms with E-state index in [1.807, 2.05) is 0 Å². The minimum absolute atomic E-state index is 0.316. The van der Waals surface area contributed by atoms with Crippen molar-refractivity contribution < 1.29 is 4.79 Å². The van der Waals surface area contributed by atoms with Gasteiger partial charge in [-0.05, 0) is 12.5 Å². The van der Waals surface area contributed by atoms with E-state index in [9.17, 15) is 9.59 Å². The van der Waals surface area contributed by atoms with Crippen LogP contribution < -0.4 is 16.3 Å². The van der Waals surface area contributed by atoms with Gasteiger partial charge in [0.15, 0.2) is 0 Å². The molecule has 6 nitrogen and oxygen atoms in total. The number of hydrogen-bond donors (Lipinski definition) is 3. The van der Waals surface area contributed by atoms with Gasteiger partial charge in [-0.15, -0.1) is 0 Å². The van der Waals surface area contributed by atoms with Gasteiger partial charge in [-0.25, -0.2) is 14.6 Å². The molecule has 94 valence electrons. The third-order valence-electron chi connectivity index (χ3n) is 2.24. The monoisotopic (exact) mass is 238 g/mol. The molecule has 1 rings (SSSR count). The van der Waals surface area contributed by atoms with E-state index in [-0.39, 0.29) is 6.03 Å². The molecule has 6 heteroatoms. The number of rotatable bonds is 6. The van der Waals surface area contributed by atoms with Crippen LogP contribution in [0, 0.1) is 0 Å². The number of nitrogens with one attached hydrogen (secondary N) is 3. The lowest BCUT2D eigenvalue weighted by atomic mass is 10.2. The highest BCUT2D eigenvalue weighted by atomic mass is 16.2. The summed E-state index contributed by atoms with van der Waals surface area (Å²) in [5, 5.41) is 5.25. The normalized spacial score (nSPS) is 9.94. The lowest BCUT2D eigenvalue weighted by Gasteiger charge is -2.06. The molecule has 0 spiro atoms. The van der Waals surface area contributed by atoms with Crippen LogP contribution in [0.5, 0.6) is 0 Å². The Balaban J connectivity index is 2.23.